The minimum absolute atomic E-state index is 0.0384. The number of benzene rings is 1. The van der Waals surface area contributed by atoms with Crippen molar-refractivity contribution < 1.29 is 9.84 Å². The molecule has 0 radical (unpaired) electrons. The highest BCUT2D eigenvalue weighted by Crippen LogP contribution is 2.29. The summed E-state index contributed by atoms with van der Waals surface area (Å²) in [5, 5.41) is 9.03. The molecule has 4 nitrogen and oxygen atoms in total. The van der Waals surface area contributed by atoms with Gasteiger partial charge in [0.1, 0.15) is 0 Å². The van der Waals surface area contributed by atoms with Gasteiger partial charge in [0.2, 0.25) is 0 Å². The molecule has 0 aliphatic carbocycles. The van der Waals surface area contributed by atoms with E-state index in [-0.39, 0.29) is 12.6 Å². The summed E-state index contributed by atoms with van der Waals surface area (Å²) >= 11 is 3.56. The average molecular weight is 301 g/mol. The standard InChI is InChI=1S/C12H17BrN2O2/c13-10-7-9(11(14)8-16)1-2-12(10)15-3-5-17-6-4-15/h1-2,7,11,16H,3-6,8,14H2/t11-/m1/s1. The lowest BCUT2D eigenvalue weighted by Crippen LogP contribution is -2.36. The molecule has 1 aliphatic rings. The molecule has 1 aromatic rings. The van der Waals surface area contributed by atoms with Crippen molar-refractivity contribution in [3.05, 3.63) is 28.2 Å². The van der Waals surface area contributed by atoms with Crippen LogP contribution in [0.3, 0.4) is 0 Å². The van der Waals surface area contributed by atoms with Gasteiger partial charge in [-0.1, -0.05) is 6.07 Å². The lowest BCUT2D eigenvalue weighted by molar-refractivity contribution is 0.122. The van der Waals surface area contributed by atoms with Crippen LogP contribution >= 0.6 is 15.9 Å². The maximum atomic E-state index is 9.03. The van der Waals surface area contributed by atoms with Gasteiger partial charge < -0.3 is 20.5 Å². The van der Waals surface area contributed by atoms with Crippen LogP contribution in [0.2, 0.25) is 0 Å². The molecule has 0 unspecified atom stereocenters. The van der Waals surface area contributed by atoms with Crippen molar-refractivity contribution in [2.45, 2.75) is 6.04 Å². The van der Waals surface area contributed by atoms with Gasteiger partial charge in [0.05, 0.1) is 31.5 Å². The van der Waals surface area contributed by atoms with Crippen LogP contribution in [0.25, 0.3) is 0 Å². The van der Waals surface area contributed by atoms with Crippen LogP contribution in [-0.4, -0.2) is 38.0 Å². The predicted octanol–water partition coefficient (Wildman–Crippen LogP) is 1.28. The smallest absolute Gasteiger partial charge is 0.0642 e. The highest BCUT2D eigenvalue weighted by Gasteiger charge is 2.15. The lowest BCUT2D eigenvalue weighted by Gasteiger charge is -2.30. The average Bonchev–Trinajstić information content (AvgIpc) is 2.38. The summed E-state index contributed by atoms with van der Waals surface area (Å²) in [5.41, 5.74) is 7.88. The molecule has 0 bridgehead atoms. The summed E-state index contributed by atoms with van der Waals surface area (Å²) in [6, 6.07) is 5.67. The second-order valence-electron chi connectivity index (χ2n) is 4.10. The number of aliphatic hydroxyl groups is 1. The first kappa shape index (κ1) is 12.8. The second-order valence-corrected chi connectivity index (χ2v) is 4.95. The van der Waals surface area contributed by atoms with Gasteiger partial charge in [-0.3, -0.25) is 0 Å². The third-order valence-corrected chi connectivity index (χ3v) is 3.58. The molecule has 2 rings (SSSR count). The van der Waals surface area contributed by atoms with Gasteiger partial charge in [-0.2, -0.15) is 0 Å². The highest BCUT2D eigenvalue weighted by molar-refractivity contribution is 9.10. The Morgan fingerprint density at radius 2 is 2.12 bits per heavy atom. The molecule has 5 heteroatoms. The number of hydrogen-bond acceptors (Lipinski definition) is 4. The minimum atomic E-state index is -0.315. The fourth-order valence-electron chi connectivity index (χ4n) is 1.92. The maximum Gasteiger partial charge on any atom is 0.0642 e. The molecule has 94 valence electrons. The van der Waals surface area contributed by atoms with Gasteiger partial charge in [-0.05, 0) is 33.6 Å². The Morgan fingerprint density at radius 3 is 2.71 bits per heavy atom. The molecule has 1 atom stereocenters. The molecule has 1 aromatic carbocycles. The van der Waals surface area contributed by atoms with Crippen LogP contribution in [0.1, 0.15) is 11.6 Å². The van der Waals surface area contributed by atoms with Crippen molar-refractivity contribution in [3.8, 4) is 0 Å². The quantitative estimate of drug-likeness (QED) is 0.883. The third kappa shape index (κ3) is 2.98. The first-order valence-electron chi connectivity index (χ1n) is 5.71. The molecule has 0 spiro atoms. The summed E-state index contributed by atoms with van der Waals surface area (Å²) in [5.74, 6) is 0. The first-order valence-corrected chi connectivity index (χ1v) is 6.50. The topological polar surface area (TPSA) is 58.7 Å². The molecule has 1 saturated heterocycles. The van der Waals surface area contributed by atoms with E-state index in [0.29, 0.717) is 0 Å². The number of nitrogens with two attached hydrogens (primary N) is 1. The van der Waals surface area contributed by atoms with E-state index in [1.807, 2.05) is 18.2 Å². The van der Waals surface area contributed by atoms with Crippen molar-refractivity contribution in [2.24, 2.45) is 5.73 Å². The number of anilines is 1. The summed E-state index contributed by atoms with van der Waals surface area (Å²) in [4.78, 5) is 2.28. The molecular weight excluding hydrogens is 284 g/mol. The molecule has 1 aliphatic heterocycles. The summed E-state index contributed by atoms with van der Waals surface area (Å²) in [6.45, 7) is 3.31. The second kappa shape index (κ2) is 5.82. The van der Waals surface area contributed by atoms with E-state index in [2.05, 4.69) is 20.8 Å². The van der Waals surface area contributed by atoms with Crippen molar-refractivity contribution in [1.82, 2.24) is 0 Å². The van der Waals surface area contributed by atoms with Crippen LogP contribution in [0.5, 0.6) is 0 Å². The number of halogens is 1. The minimum Gasteiger partial charge on any atom is -0.394 e. The van der Waals surface area contributed by atoms with Gasteiger partial charge >= 0.3 is 0 Å². The number of morpholine rings is 1. The molecular formula is C12H17BrN2O2. The fraction of sp³-hybridized carbons (Fsp3) is 0.500. The fourth-order valence-corrected chi connectivity index (χ4v) is 2.57. The molecule has 17 heavy (non-hydrogen) atoms. The van der Waals surface area contributed by atoms with Gasteiger partial charge in [0, 0.05) is 17.6 Å². The lowest BCUT2D eigenvalue weighted by atomic mass is 10.1. The first-order chi connectivity index (χ1) is 8.22. The van der Waals surface area contributed by atoms with Crippen LogP contribution in [0.15, 0.2) is 22.7 Å². The summed E-state index contributed by atoms with van der Waals surface area (Å²) in [6.07, 6.45) is 0. The molecule has 3 N–H and O–H groups in total. The number of rotatable bonds is 3. The Hall–Kier alpha value is -0.620. The van der Waals surface area contributed by atoms with E-state index in [1.54, 1.807) is 0 Å². The van der Waals surface area contributed by atoms with Gasteiger partial charge in [0.25, 0.3) is 0 Å². The highest BCUT2D eigenvalue weighted by atomic mass is 79.9. The SMILES string of the molecule is N[C@H](CO)c1ccc(N2CCOCC2)c(Br)c1. The number of aliphatic hydroxyl groups excluding tert-OH is 1. The Kier molecular flexibility index (Phi) is 4.39. The zero-order chi connectivity index (χ0) is 12.3. The van der Waals surface area contributed by atoms with Gasteiger partial charge in [-0.25, -0.2) is 0 Å². The molecule has 0 saturated carbocycles. The Balaban J connectivity index is 2.18. The van der Waals surface area contributed by atoms with Crippen molar-refractivity contribution in [3.63, 3.8) is 0 Å². The van der Waals surface area contributed by atoms with E-state index >= 15 is 0 Å². The molecule has 1 heterocycles. The van der Waals surface area contributed by atoms with E-state index < -0.39 is 0 Å². The summed E-state index contributed by atoms with van der Waals surface area (Å²) in [7, 11) is 0. The maximum absolute atomic E-state index is 9.03. The normalized spacial score (nSPS) is 18.2. The monoisotopic (exact) mass is 300 g/mol. The summed E-state index contributed by atoms with van der Waals surface area (Å²) < 4.78 is 6.35. The van der Waals surface area contributed by atoms with Crippen LogP contribution in [0.4, 0.5) is 5.69 Å². The molecule has 1 fully saturated rings. The predicted molar refractivity (Wildman–Crippen MR) is 71.2 cm³/mol. The third-order valence-electron chi connectivity index (χ3n) is 2.95. The Morgan fingerprint density at radius 1 is 1.41 bits per heavy atom. The van der Waals surface area contributed by atoms with E-state index in [9.17, 15) is 0 Å². The van der Waals surface area contributed by atoms with Crippen molar-refractivity contribution in [1.29, 1.82) is 0 Å². The zero-order valence-electron chi connectivity index (χ0n) is 9.60. The molecule has 0 amide bonds. The van der Waals surface area contributed by atoms with E-state index in [0.717, 1.165) is 42.0 Å². The Labute approximate surface area is 109 Å². The largest absolute Gasteiger partial charge is 0.394 e. The van der Waals surface area contributed by atoms with Crippen LogP contribution < -0.4 is 10.6 Å². The van der Waals surface area contributed by atoms with E-state index in [1.165, 1.54) is 0 Å². The van der Waals surface area contributed by atoms with Crippen LogP contribution in [0, 0.1) is 0 Å². The van der Waals surface area contributed by atoms with Crippen LogP contribution in [-0.2, 0) is 4.74 Å². The number of nitrogens with zero attached hydrogens (tertiary/aromatic N) is 1. The van der Waals surface area contributed by atoms with Crippen molar-refractivity contribution >= 4 is 21.6 Å². The van der Waals surface area contributed by atoms with Gasteiger partial charge in [0.15, 0.2) is 0 Å². The molecule has 0 aromatic heterocycles. The number of ether oxygens (including phenoxy) is 1. The van der Waals surface area contributed by atoms with Crippen molar-refractivity contribution in [2.75, 3.05) is 37.8 Å². The van der Waals surface area contributed by atoms with Gasteiger partial charge in [-0.15, -0.1) is 0 Å². The zero-order valence-corrected chi connectivity index (χ0v) is 11.2. The number of hydrogen-bond donors (Lipinski definition) is 2. The Bertz CT molecular complexity index is 381. The van der Waals surface area contributed by atoms with E-state index in [4.69, 9.17) is 15.6 Å².